The van der Waals surface area contributed by atoms with Gasteiger partial charge in [-0.15, -0.1) is 0 Å². The number of aromatic nitrogens is 3. The van der Waals surface area contributed by atoms with E-state index in [1.54, 1.807) is 22.8 Å². The third kappa shape index (κ3) is 3.81. The maximum atomic E-state index is 12.7. The van der Waals surface area contributed by atoms with Gasteiger partial charge in [-0.25, -0.2) is 4.68 Å². The lowest BCUT2D eigenvalue weighted by Gasteiger charge is -2.39. The Hall–Kier alpha value is -2.61. The van der Waals surface area contributed by atoms with Gasteiger partial charge in [0.15, 0.2) is 5.58 Å². The van der Waals surface area contributed by atoms with Crippen molar-refractivity contribution in [3.63, 3.8) is 0 Å². The van der Waals surface area contributed by atoms with E-state index in [0.717, 1.165) is 18.5 Å². The number of likely N-dealkylation sites (tertiary alicyclic amines) is 1. The van der Waals surface area contributed by atoms with Crippen LogP contribution in [0.25, 0.3) is 16.6 Å². The molecule has 3 aromatic heterocycles. The second kappa shape index (κ2) is 8.02. The molecule has 1 aliphatic heterocycles. The summed E-state index contributed by atoms with van der Waals surface area (Å²) in [6.07, 6.45) is 6.28. The zero-order chi connectivity index (χ0) is 20.5. The number of amides is 1. The number of hydrogen-bond donors (Lipinski definition) is 1. The topological polar surface area (TPSA) is 84.8 Å². The summed E-state index contributed by atoms with van der Waals surface area (Å²) in [5.41, 5.74) is 1.61. The van der Waals surface area contributed by atoms with Crippen LogP contribution in [0.5, 0.6) is 0 Å². The molecule has 29 heavy (non-hydrogen) atoms. The number of aryl methyl sites for hydroxylation is 1. The Kier molecular flexibility index (Phi) is 5.45. The maximum Gasteiger partial charge on any atom is 0.291 e. The van der Waals surface area contributed by atoms with Crippen LogP contribution in [0, 0.1) is 6.92 Å². The van der Waals surface area contributed by atoms with Gasteiger partial charge < -0.3 is 9.73 Å². The normalized spacial score (nSPS) is 20.5. The lowest BCUT2D eigenvalue weighted by molar-refractivity contribution is -0.121. The first-order valence-electron chi connectivity index (χ1n) is 10.4. The zero-order valence-electron chi connectivity index (χ0n) is 17.4. The second-order valence-electron chi connectivity index (χ2n) is 8.12. The van der Waals surface area contributed by atoms with E-state index in [4.69, 9.17) is 4.42 Å². The fourth-order valence-electron chi connectivity index (χ4n) is 4.53. The number of rotatable bonds is 6. The number of furan rings is 1. The number of fused-ring (bicyclic) bond motifs is 3. The summed E-state index contributed by atoms with van der Waals surface area (Å²) in [6, 6.07) is 4.71. The van der Waals surface area contributed by atoms with E-state index in [1.165, 1.54) is 23.9 Å². The molecule has 3 aromatic rings. The Labute approximate surface area is 169 Å². The number of piperidine rings is 1. The molecule has 8 heteroatoms. The van der Waals surface area contributed by atoms with Crippen molar-refractivity contribution in [1.82, 2.24) is 24.4 Å². The van der Waals surface area contributed by atoms with Crippen molar-refractivity contribution in [3.05, 3.63) is 34.6 Å². The average molecular weight is 399 g/mol. The summed E-state index contributed by atoms with van der Waals surface area (Å²) in [6.45, 7) is 7.87. The van der Waals surface area contributed by atoms with E-state index in [0.29, 0.717) is 35.6 Å². The van der Waals surface area contributed by atoms with Crippen LogP contribution in [0.15, 0.2) is 27.6 Å². The molecule has 0 aromatic carbocycles. The molecule has 0 radical (unpaired) electrons. The molecule has 1 fully saturated rings. The van der Waals surface area contributed by atoms with Crippen molar-refractivity contribution in [2.24, 2.45) is 0 Å². The number of carbonyl (C=O) groups excluding carboxylic acids is 1. The van der Waals surface area contributed by atoms with Crippen LogP contribution in [-0.2, 0) is 11.3 Å². The summed E-state index contributed by atoms with van der Waals surface area (Å²) in [7, 11) is 0. The molecule has 2 atom stereocenters. The standard InChI is InChI=1S/C21H29N5O3/c1-14-6-4-7-15(2)24(14)10-5-9-22-20(27)13-25-21(28)18-12-19-17(8-11-29-19)26(18)16(3)23-25/h8,11-12,14-15H,4-7,9-10,13H2,1-3H3,(H,22,27)/t14-,15-/m1/s1. The van der Waals surface area contributed by atoms with Crippen molar-refractivity contribution in [3.8, 4) is 0 Å². The zero-order valence-corrected chi connectivity index (χ0v) is 17.4. The van der Waals surface area contributed by atoms with E-state index in [9.17, 15) is 9.59 Å². The summed E-state index contributed by atoms with van der Waals surface area (Å²) in [4.78, 5) is 27.6. The molecule has 0 bridgehead atoms. The van der Waals surface area contributed by atoms with Crippen LogP contribution in [0.1, 0.15) is 45.4 Å². The molecule has 1 saturated heterocycles. The molecule has 0 unspecified atom stereocenters. The third-order valence-electron chi connectivity index (χ3n) is 6.05. The Morgan fingerprint density at radius 1 is 1.28 bits per heavy atom. The molecule has 1 aliphatic rings. The van der Waals surface area contributed by atoms with Gasteiger partial charge in [-0.2, -0.15) is 5.10 Å². The Morgan fingerprint density at radius 2 is 2.03 bits per heavy atom. The van der Waals surface area contributed by atoms with Gasteiger partial charge in [-0.05, 0) is 40.0 Å². The van der Waals surface area contributed by atoms with E-state index < -0.39 is 0 Å². The van der Waals surface area contributed by atoms with Crippen LogP contribution in [0.2, 0.25) is 0 Å². The number of carbonyl (C=O) groups is 1. The van der Waals surface area contributed by atoms with Crippen molar-refractivity contribution in [2.75, 3.05) is 13.1 Å². The van der Waals surface area contributed by atoms with Crippen LogP contribution in [0.4, 0.5) is 0 Å². The predicted molar refractivity (Wildman–Crippen MR) is 111 cm³/mol. The minimum atomic E-state index is -0.298. The molecule has 0 aliphatic carbocycles. The monoisotopic (exact) mass is 399 g/mol. The highest BCUT2D eigenvalue weighted by atomic mass is 16.3. The van der Waals surface area contributed by atoms with Crippen LogP contribution < -0.4 is 10.9 Å². The summed E-state index contributed by atoms with van der Waals surface area (Å²) < 4.78 is 8.37. The van der Waals surface area contributed by atoms with Gasteiger partial charge in [-0.1, -0.05) is 6.42 Å². The van der Waals surface area contributed by atoms with Crippen LogP contribution in [0.3, 0.4) is 0 Å². The predicted octanol–water partition coefficient (Wildman–Crippen LogP) is 2.32. The summed E-state index contributed by atoms with van der Waals surface area (Å²) in [5.74, 6) is 0.440. The molecule has 0 saturated carbocycles. The van der Waals surface area contributed by atoms with E-state index >= 15 is 0 Å². The van der Waals surface area contributed by atoms with Crippen molar-refractivity contribution in [2.45, 2.75) is 65.1 Å². The van der Waals surface area contributed by atoms with Gasteiger partial charge in [-0.3, -0.25) is 18.9 Å². The average Bonchev–Trinajstić information content (AvgIpc) is 3.26. The molecule has 1 N–H and O–H groups in total. The molecular weight excluding hydrogens is 370 g/mol. The van der Waals surface area contributed by atoms with Crippen molar-refractivity contribution >= 4 is 22.5 Å². The lowest BCUT2D eigenvalue weighted by Crippen LogP contribution is -2.45. The van der Waals surface area contributed by atoms with Gasteiger partial charge in [0.2, 0.25) is 5.91 Å². The highest BCUT2D eigenvalue weighted by Crippen LogP contribution is 2.22. The highest BCUT2D eigenvalue weighted by molar-refractivity contribution is 5.82. The smallest absolute Gasteiger partial charge is 0.291 e. The lowest BCUT2D eigenvalue weighted by atomic mass is 9.97. The van der Waals surface area contributed by atoms with Crippen LogP contribution >= 0.6 is 0 Å². The molecule has 0 spiro atoms. The van der Waals surface area contributed by atoms with Crippen molar-refractivity contribution < 1.29 is 9.21 Å². The first-order chi connectivity index (χ1) is 14.0. The second-order valence-corrected chi connectivity index (χ2v) is 8.12. The highest BCUT2D eigenvalue weighted by Gasteiger charge is 2.23. The Morgan fingerprint density at radius 3 is 2.79 bits per heavy atom. The van der Waals surface area contributed by atoms with Gasteiger partial charge in [0.05, 0.1) is 11.8 Å². The third-order valence-corrected chi connectivity index (χ3v) is 6.05. The Bertz CT molecular complexity index is 1070. The minimum absolute atomic E-state index is 0.0841. The van der Waals surface area contributed by atoms with Crippen molar-refractivity contribution in [1.29, 1.82) is 0 Å². The number of hydrogen-bond acceptors (Lipinski definition) is 5. The largest absolute Gasteiger partial charge is 0.463 e. The molecule has 1 amide bonds. The van der Waals surface area contributed by atoms with E-state index in [2.05, 4.69) is 29.2 Å². The van der Waals surface area contributed by atoms with Crippen LogP contribution in [-0.4, -0.2) is 50.2 Å². The molecule has 8 nitrogen and oxygen atoms in total. The Balaban J connectivity index is 1.36. The van der Waals surface area contributed by atoms with Gasteiger partial charge in [0, 0.05) is 37.3 Å². The summed E-state index contributed by atoms with van der Waals surface area (Å²) in [5, 5.41) is 7.25. The fourth-order valence-corrected chi connectivity index (χ4v) is 4.53. The summed E-state index contributed by atoms with van der Waals surface area (Å²) >= 11 is 0. The number of nitrogens with one attached hydrogen (secondary N) is 1. The van der Waals surface area contributed by atoms with Gasteiger partial charge in [0.25, 0.3) is 5.56 Å². The van der Waals surface area contributed by atoms with E-state index in [-0.39, 0.29) is 18.0 Å². The number of nitrogens with zero attached hydrogens (tertiary/aromatic N) is 4. The first kappa shape index (κ1) is 19.7. The fraction of sp³-hybridized carbons (Fsp3) is 0.571. The minimum Gasteiger partial charge on any atom is -0.463 e. The quantitative estimate of drug-likeness (QED) is 0.643. The van der Waals surface area contributed by atoms with Gasteiger partial charge >= 0.3 is 0 Å². The maximum absolute atomic E-state index is 12.7. The molecule has 4 heterocycles. The molecular formula is C21H29N5O3. The van der Waals surface area contributed by atoms with Gasteiger partial charge in [0.1, 0.15) is 17.9 Å². The molecule has 156 valence electrons. The first-order valence-corrected chi connectivity index (χ1v) is 10.4. The SMILES string of the molecule is Cc1nn(CC(=O)NCCCN2[C@H](C)CCC[C@H]2C)c(=O)c2cc3occc3n12. The molecule has 4 rings (SSSR count). The van der Waals surface area contributed by atoms with E-state index in [1.807, 2.05) is 6.92 Å².